The molecule has 8 heteroatoms. The van der Waals surface area contributed by atoms with Gasteiger partial charge in [-0.2, -0.15) is 0 Å². The van der Waals surface area contributed by atoms with Crippen molar-refractivity contribution in [3.63, 3.8) is 0 Å². The molecule has 1 amide bonds. The highest BCUT2D eigenvalue weighted by molar-refractivity contribution is 5.79. The lowest BCUT2D eigenvalue weighted by molar-refractivity contribution is -0.135. The number of carbonyl (C=O) groups excluding carboxylic acids is 1. The predicted molar refractivity (Wildman–Crippen MR) is 93.5 cm³/mol. The van der Waals surface area contributed by atoms with Gasteiger partial charge in [-0.1, -0.05) is 11.6 Å². The maximum absolute atomic E-state index is 12.5. The van der Waals surface area contributed by atoms with Crippen molar-refractivity contribution in [2.75, 3.05) is 39.3 Å². The van der Waals surface area contributed by atoms with Crippen LogP contribution in [0.1, 0.15) is 43.8 Å². The van der Waals surface area contributed by atoms with Gasteiger partial charge in [0.15, 0.2) is 0 Å². The summed E-state index contributed by atoms with van der Waals surface area (Å²) >= 11 is 0. The third-order valence-corrected chi connectivity index (χ3v) is 5.71. The molecule has 0 aliphatic carbocycles. The average Bonchev–Trinajstić information content (AvgIpc) is 3.34. The molecule has 4 rings (SSSR count). The van der Waals surface area contributed by atoms with Crippen LogP contribution in [0.15, 0.2) is 6.20 Å². The Morgan fingerprint density at radius 2 is 1.80 bits per heavy atom. The monoisotopic (exact) mass is 347 g/mol. The van der Waals surface area contributed by atoms with Crippen LogP contribution in [0.5, 0.6) is 0 Å². The molecule has 2 N–H and O–H groups in total. The van der Waals surface area contributed by atoms with Gasteiger partial charge < -0.3 is 4.90 Å². The van der Waals surface area contributed by atoms with Gasteiger partial charge in [-0.25, -0.2) is 4.68 Å². The minimum Gasteiger partial charge on any atom is -0.342 e. The second-order valence-corrected chi connectivity index (χ2v) is 7.54. The number of nitrogens with one attached hydrogen (secondary N) is 2. The number of hydrazine groups is 1. The molecule has 0 spiro atoms. The third-order valence-electron chi connectivity index (χ3n) is 5.71. The standard InChI is InChI=1S/C17H29N7O/c25-17(14-10-18-19-11-14)23-8-4-16(5-9-23)24-13-15(20-21-24)12-22-6-2-1-3-7-22/h13-14,16,18-19H,1-12H2. The lowest BCUT2D eigenvalue weighted by Crippen LogP contribution is -2.43. The number of amides is 1. The van der Waals surface area contributed by atoms with E-state index in [1.807, 2.05) is 9.58 Å². The van der Waals surface area contributed by atoms with E-state index < -0.39 is 0 Å². The molecule has 3 saturated heterocycles. The Morgan fingerprint density at radius 1 is 1.08 bits per heavy atom. The molecule has 3 aliphatic heterocycles. The first-order valence-electron chi connectivity index (χ1n) is 9.67. The molecular formula is C17H29N7O. The van der Waals surface area contributed by atoms with Crippen LogP contribution in [0.4, 0.5) is 0 Å². The van der Waals surface area contributed by atoms with E-state index in [0.717, 1.165) is 51.3 Å². The predicted octanol–water partition coefficient (Wildman–Crippen LogP) is 0.152. The van der Waals surface area contributed by atoms with Gasteiger partial charge in [0.1, 0.15) is 0 Å². The molecule has 3 aliphatic rings. The molecule has 0 aromatic carbocycles. The Bertz CT molecular complexity index is 569. The van der Waals surface area contributed by atoms with Crippen molar-refractivity contribution in [1.29, 1.82) is 0 Å². The molecule has 4 heterocycles. The van der Waals surface area contributed by atoms with E-state index in [4.69, 9.17) is 0 Å². The third kappa shape index (κ3) is 4.02. The largest absolute Gasteiger partial charge is 0.342 e. The van der Waals surface area contributed by atoms with Gasteiger partial charge in [-0.3, -0.25) is 20.5 Å². The van der Waals surface area contributed by atoms with Crippen LogP contribution < -0.4 is 10.9 Å². The van der Waals surface area contributed by atoms with Gasteiger partial charge in [0, 0.05) is 32.7 Å². The quantitative estimate of drug-likeness (QED) is 0.807. The molecule has 25 heavy (non-hydrogen) atoms. The summed E-state index contributed by atoms with van der Waals surface area (Å²) in [5.74, 6) is 0.361. The van der Waals surface area contributed by atoms with Crippen LogP contribution >= 0.6 is 0 Å². The average molecular weight is 347 g/mol. The fourth-order valence-corrected chi connectivity index (χ4v) is 4.16. The van der Waals surface area contributed by atoms with Gasteiger partial charge in [0.2, 0.25) is 5.91 Å². The Labute approximate surface area is 148 Å². The topological polar surface area (TPSA) is 78.3 Å². The summed E-state index contributed by atoms with van der Waals surface area (Å²) in [7, 11) is 0. The molecule has 8 nitrogen and oxygen atoms in total. The molecule has 0 unspecified atom stereocenters. The van der Waals surface area contributed by atoms with Gasteiger partial charge in [-0.05, 0) is 38.8 Å². The van der Waals surface area contributed by atoms with E-state index in [2.05, 4.69) is 32.3 Å². The lowest BCUT2D eigenvalue weighted by Gasteiger charge is -2.33. The second-order valence-electron chi connectivity index (χ2n) is 7.54. The van der Waals surface area contributed by atoms with Gasteiger partial charge in [0.25, 0.3) is 0 Å². The second kappa shape index (κ2) is 7.80. The van der Waals surface area contributed by atoms with Crippen molar-refractivity contribution in [1.82, 2.24) is 35.6 Å². The van der Waals surface area contributed by atoms with Crippen molar-refractivity contribution in [2.24, 2.45) is 5.92 Å². The lowest BCUT2D eigenvalue weighted by atomic mass is 10.0. The summed E-state index contributed by atoms with van der Waals surface area (Å²) in [6.07, 6.45) is 7.99. The summed E-state index contributed by atoms with van der Waals surface area (Å²) in [5.41, 5.74) is 7.15. The van der Waals surface area contributed by atoms with E-state index >= 15 is 0 Å². The van der Waals surface area contributed by atoms with E-state index in [0.29, 0.717) is 6.04 Å². The molecule has 3 fully saturated rings. The zero-order valence-corrected chi connectivity index (χ0v) is 14.9. The van der Waals surface area contributed by atoms with Crippen LogP contribution in [-0.4, -0.2) is 70.0 Å². The number of aromatic nitrogens is 3. The number of hydrogen-bond acceptors (Lipinski definition) is 6. The molecule has 0 atom stereocenters. The summed E-state index contributed by atoms with van der Waals surface area (Å²) in [4.78, 5) is 17.0. The first-order chi connectivity index (χ1) is 12.3. The Balaban J connectivity index is 1.28. The van der Waals surface area contributed by atoms with Crippen molar-refractivity contribution in [3.8, 4) is 0 Å². The smallest absolute Gasteiger partial charge is 0.228 e. The molecule has 1 aromatic rings. The molecule has 0 radical (unpaired) electrons. The fraction of sp³-hybridized carbons (Fsp3) is 0.824. The minimum absolute atomic E-state index is 0.0825. The number of piperidine rings is 2. The van der Waals surface area contributed by atoms with Crippen LogP contribution in [0, 0.1) is 5.92 Å². The highest BCUT2D eigenvalue weighted by Crippen LogP contribution is 2.23. The number of likely N-dealkylation sites (tertiary alicyclic amines) is 2. The van der Waals surface area contributed by atoms with Crippen LogP contribution in [-0.2, 0) is 11.3 Å². The number of rotatable bonds is 4. The Hall–Kier alpha value is -1.51. The summed E-state index contributed by atoms with van der Waals surface area (Å²) < 4.78 is 2.03. The van der Waals surface area contributed by atoms with Crippen LogP contribution in [0.3, 0.4) is 0 Å². The highest BCUT2D eigenvalue weighted by atomic mass is 16.2. The number of hydrogen-bond donors (Lipinski definition) is 2. The normalized spacial score (nSPS) is 24.1. The minimum atomic E-state index is 0.0825. The zero-order valence-electron chi connectivity index (χ0n) is 14.9. The maximum atomic E-state index is 12.5. The molecule has 0 saturated carbocycles. The molecule has 0 bridgehead atoms. The van der Waals surface area contributed by atoms with E-state index in [-0.39, 0.29) is 11.8 Å². The van der Waals surface area contributed by atoms with Crippen molar-refractivity contribution in [3.05, 3.63) is 11.9 Å². The number of carbonyl (C=O) groups is 1. The summed E-state index contributed by atoms with van der Waals surface area (Å²) in [6, 6.07) is 0.367. The molecule has 138 valence electrons. The summed E-state index contributed by atoms with van der Waals surface area (Å²) in [6.45, 7) is 6.39. The van der Waals surface area contributed by atoms with E-state index in [1.165, 1.54) is 32.4 Å². The van der Waals surface area contributed by atoms with Crippen LogP contribution in [0.25, 0.3) is 0 Å². The highest BCUT2D eigenvalue weighted by Gasteiger charge is 2.30. The Kier molecular flexibility index (Phi) is 5.28. The summed E-state index contributed by atoms with van der Waals surface area (Å²) in [5, 5.41) is 8.75. The van der Waals surface area contributed by atoms with Gasteiger partial charge >= 0.3 is 0 Å². The maximum Gasteiger partial charge on any atom is 0.228 e. The van der Waals surface area contributed by atoms with E-state index in [9.17, 15) is 4.79 Å². The first kappa shape index (κ1) is 16.9. The zero-order chi connectivity index (χ0) is 17.1. The molecular weight excluding hydrogens is 318 g/mol. The van der Waals surface area contributed by atoms with Crippen molar-refractivity contribution in [2.45, 2.75) is 44.7 Å². The molecule has 1 aromatic heterocycles. The van der Waals surface area contributed by atoms with Crippen molar-refractivity contribution >= 4 is 5.91 Å². The van der Waals surface area contributed by atoms with E-state index in [1.54, 1.807) is 0 Å². The SMILES string of the molecule is O=C(C1CNNC1)N1CCC(n2cc(CN3CCCCC3)nn2)CC1. The van der Waals surface area contributed by atoms with Crippen molar-refractivity contribution < 1.29 is 4.79 Å². The fourth-order valence-electron chi connectivity index (χ4n) is 4.16. The first-order valence-corrected chi connectivity index (χ1v) is 9.67. The van der Waals surface area contributed by atoms with Gasteiger partial charge in [0.05, 0.1) is 23.9 Å². The Morgan fingerprint density at radius 3 is 2.52 bits per heavy atom. The van der Waals surface area contributed by atoms with Gasteiger partial charge in [-0.15, -0.1) is 5.10 Å². The number of nitrogens with zero attached hydrogens (tertiary/aromatic N) is 5. The van der Waals surface area contributed by atoms with Crippen LogP contribution in [0.2, 0.25) is 0 Å².